The van der Waals surface area contributed by atoms with Gasteiger partial charge in [0.05, 0.1) is 19.9 Å². The van der Waals surface area contributed by atoms with E-state index in [4.69, 9.17) is 21.7 Å². The second-order valence-corrected chi connectivity index (χ2v) is 6.35. The average molecular weight is 375 g/mol. The molecule has 0 amide bonds. The first-order valence-electron chi connectivity index (χ1n) is 8.14. The van der Waals surface area contributed by atoms with Crippen LogP contribution in [-0.2, 0) is 0 Å². The van der Waals surface area contributed by atoms with Gasteiger partial charge in [-0.05, 0) is 66.2 Å². The van der Waals surface area contributed by atoms with Gasteiger partial charge in [0.25, 0.3) is 0 Å². The van der Waals surface area contributed by atoms with Crippen molar-refractivity contribution in [2.45, 2.75) is 13.8 Å². The normalized spacial score (nSPS) is 10.8. The lowest BCUT2D eigenvalue weighted by molar-refractivity contribution is 0.257. The minimum atomic E-state index is -0.303. The summed E-state index contributed by atoms with van der Waals surface area (Å²) in [6, 6.07) is 11.4. The first-order valence-corrected chi connectivity index (χ1v) is 8.55. The van der Waals surface area contributed by atoms with Gasteiger partial charge in [-0.3, -0.25) is 5.43 Å². The molecule has 0 saturated heterocycles. The summed E-state index contributed by atoms with van der Waals surface area (Å²) in [5.74, 6) is 1.44. The number of nitrogens with one attached hydrogen (secondary N) is 2. The Morgan fingerprint density at radius 2 is 1.92 bits per heavy atom. The van der Waals surface area contributed by atoms with Crippen LogP contribution in [0, 0.1) is 11.7 Å². The Balaban J connectivity index is 1.95. The van der Waals surface area contributed by atoms with E-state index < -0.39 is 0 Å². The number of benzene rings is 2. The molecule has 0 aromatic heterocycles. The SMILES string of the molecule is COc1ccc(/C=N/NC(=S)Nc2ccc(F)cc2)cc1OCC(C)C. The molecule has 5 nitrogen and oxygen atoms in total. The molecule has 2 aromatic carbocycles. The summed E-state index contributed by atoms with van der Waals surface area (Å²) < 4.78 is 24.0. The van der Waals surface area contributed by atoms with Gasteiger partial charge in [0.1, 0.15) is 5.82 Å². The average Bonchev–Trinajstić information content (AvgIpc) is 2.62. The lowest BCUT2D eigenvalue weighted by Crippen LogP contribution is -2.23. The molecule has 0 spiro atoms. The number of hydrogen-bond donors (Lipinski definition) is 2. The Kier molecular flexibility index (Phi) is 7.35. The van der Waals surface area contributed by atoms with Gasteiger partial charge in [0.2, 0.25) is 0 Å². The molecule has 0 saturated carbocycles. The number of thiocarbonyl (C=S) groups is 1. The fraction of sp³-hybridized carbons (Fsp3) is 0.263. The maximum absolute atomic E-state index is 12.9. The molecule has 0 aliphatic rings. The summed E-state index contributed by atoms with van der Waals surface area (Å²) in [5.41, 5.74) is 4.23. The van der Waals surface area contributed by atoms with Crippen molar-refractivity contribution < 1.29 is 13.9 Å². The summed E-state index contributed by atoms with van der Waals surface area (Å²) >= 11 is 5.15. The second-order valence-electron chi connectivity index (χ2n) is 5.95. The Hall–Kier alpha value is -2.67. The molecule has 0 aliphatic carbocycles. The third-order valence-corrected chi connectivity index (χ3v) is 3.44. The molecule has 0 aliphatic heterocycles. The maximum atomic E-state index is 12.9. The van der Waals surface area contributed by atoms with E-state index in [2.05, 4.69) is 29.7 Å². The van der Waals surface area contributed by atoms with Gasteiger partial charge in [-0.1, -0.05) is 13.8 Å². The van der Waals surface area contributed by atoms with Crippen LogP contribution in [0.3, 0.4) is 0 Å². The molecule has 0 atom stereocenters. The standard InChI is InChI=1S/C19H22FN3O2S/c1-13(2)12-25-18-10-14(4-9-17(18)24-3)11-21-23-19(26)22-16-7-5-15(20)6-8-16/h4-11,13H,12H2,1-3H3,(H2,22,23,26)/b21-11+. The number of ether oxygens (including phenoxy) is 2. The summed E-state index contributed by atoms with van der Waals surface area (Å²) in [4.78, 5) is 0. The van der Waals surface area contributed by atoms with E-state index in [1.165, 1.54) is 12.1 Å². The molecule has 0 unspecified atom stereocenters. The third-order valence-electron chi connectivity index (χ3n) is 3.24. The van der Waals surface area contributed by atoms with Crippen molar-refractivity contribution in [1.29, 1.82) is 0 Å². The predicted octanol–water partition coefficient (Wildman–Crippen LogP) is 4.19. The second kappa shape index (κ2) is 9.72. The Bertz CT molecular complexity index is 764. The van der Waals surface area contributed by atoms with Crippen molar-refractivity contribution in [3.8, 4) is 11.5 Å². The van der Waals surface area contributed by atoms with Crippen LogP contribution in [0.4, 0.5) is 10.1 Å². The molecule has 2 rings (SSSR count). The lowest BCUT2D eigenvalue weighted by Gasteiger charge is -2.12. The highest BCUT2D eigenvalue weighted by Gasteiger charge is 2.06. The van der Waals surface area contributed by atoms with Crippen LogP contribution in [0.1, 0.15) is 19.4 Å². The van der Waals surface area contributed by atoms with Gasteiger partial charge in [0, 0.05) is 5.69 Å². The molecular weight excluding hydrogens is 353 g/mol. The maximum Gasteiger partial charge on any atom is 0.191 e. The zero-order valence-corrected chi connectivity index (χ0v) is 15.8. The Labute approximate surface area is 158 Å². The van der Waals surface area contributed by atoms with E-state index in [1.54, 1.807) is 25.5 Å². The van der Waals surface area contributed by atoms with E-state index in [0.29, 0.717) is 34.8 Å². The predicted molar refractivity (Wildman–Crippen MR) is 107 cm³/mol. The molecule has 0 radical (unpaired) electrons. The number of hydrazone groups is 1. The van der Waals surface area contributed by atoms with E-state index >= 15 is 0 Å². The zero-order chi connectivity index (χ0) is 18.9. The molecule has 0 fully saturated rings. The van der Waals surface area contributed by atoms with Crippen LogP contribution in [0.15, 0.2) is 47.6 Å². The highest BCUT2D eigenvalue weighted by atomic mass is 32.1. The van der Waals surface area contributed by atoms with Crippen molar-refractivity contribution >= 4 is 29.2 Å². The number of nitrogens with zero attached hydrogens (tertiary/aromatic N) is 1. The minimum absolute atomic E-state index is 0.303. The zero-order valence-electron chi connectivity index (χ0n) is 15.0. The fourth-order valence-electron chi connectivity index (χ4n) is 2.00. The van der Waals surface area contributed by atoms with E-state index in [0.717, 1.165) is 5.56 Å². The first kappa shape index (κ1) is 19.7. The molecular formula is C19H22FN3O2S. The molecule has 2 aromatic rings. The molecule has 26 heavy (non-hydrogen) atoms. The summed E-state index contributed by atoms with van der Waals surface area (Å²) in [6.45, 7) is 4.76. The third kappa shape index (κ3) is 6.33. The topological polar surface area (TPSA) is 54.9 Å². The van der Waals surface area contributed by atoms with E-state index in [9.17, 15) is 4.39 Å². The molecule has 0 heterocycles. The van der Waals surface area contributed by atoms with Crippen molar-refractivity contribution in [3.05, 3.63) is 53.8 Å². The van der Waals surface area contributed by atoms with Crippen LogP contribution < -0.4 is 20.2 Å². The Morgan fingerprint density at radius 3 is 2.58 bits per heavy atom. The fourth-order valence-corrected chi connectivity index (χ4v) is 2.17. The number of hydrogen-bond acceptors (Lipinski definition) is 4. The largest absolute Gasteiger partial charge is 0.493 e. The van der Waals surface area contributed by atoms with Crippen LogP contribution in [0.25, 0.3) is 0 Å². The molecule has 0 bridgehead atoms. The summed E-state index contributed by atoms with van der Waals surface area (Å²) in [5, 5.41) is 7.31. The number of rotatable bonds is 7. The summed E-state index contributed by atoms with van der Waals surface area (Å²) in [6.07, 6.45) is 1.63. The highest BCUT2D eigenvalue weighted by Crippen LogP contribution is 2.28. The van der Waals surface area contributed by atoms with Crippen LogP contribution in [0.2, 0.25) is 0 Å². The Morgan fingerprint density at radius 1 is 1.19 bits per heavy atom. The van der Waals surface area contributed by atoms with Gasteiger partial charge >= 0.3 is 0 Å². The van der Waals surface area contributed by atoms with Gasteiger partial charge in [0.15, 0.2) is 16.6 Å². The number of anilines is 1. The van der Waals surface area contributed by atoms with Gasteiger partial charge in [-0.2, -0.15) is 5.10 Å². The van der Waals surface area contributed by atoms with Crippen molar-refractivity contribution in [1.82, 2.24) is 5.43 Å². The van der Waals surface area contributed by atoms with Crippen LogP contribution in [-0.4, -0.2) is 25.0 Å². The molecule has 138 valence electrons. The van der Waals surface area contributed by atoms with E-state index in [1.807, 2.05) is 18.2 Å². The van der Waals surface area contributed by atoms with Crippen LogP contribution >= 0.6 is 12.2 Å². The smallest absolute Gasteiger partial charge is 0.191 e. The van der Waals surface area contributed by atoms with Crippen LogP contribution in [0.5, 0.6) is 11.5 Å². The molecule has 2 N–H and O–H groups in total. The number of methoxy groups -OCH3 is 1. The molecule has 7 heteroatoms. The number of halogens is 1. The van der Waals surface area contributed by atoms with Gasteiger partial charge < -0.3 is 14.8 Å². The first-order chi connectivity index (χ1) is 12.5. The van der Waals surface area contributed by atoms with Crippen molar-refractivity contribution in [3.63, 3.8) is 0 Å². The minimum Gasteiger partial charge on any atom is -0.493 e. The quantitative estimate of drug-likeness (QED) is 0.432. The van der Waals surface area contributed by atoms with Crippen molar-refractivity contribution in [2.24, 2.45) is 11.0 Å². The lowest BCUT2D eigenvalue weighted by atomic mass is 10.2. The highest BCUT2D eigenvalue weighted by molar-refractivity contribution is 7.80. The monoisotopic (exact) mass is 375 g/mol. The summed E-state index contributed by atoms with van der Waals surface area (Å²) in [7, 11) is 1.60. The van der Waals surface area contributed by atoms with Gasteiger partial charge in [-0.15, -0.1) is 0 Å². The van der Waals surface area contributed by atoms with Crippen molar-refractivity contribution in [2.75, 3.05) is 19.0 Å². The van der Waals surface area contributed by atoms with E-state index in [-0.39, 0.29) is 5.82 Å². The van der Waals surface area contributed by atoms with Gasteiger partial charge in [-0.25, -0.2) is 4.39 Å².